The molecular formula is C13H20N2O3S. The van der Waals surface area contributed by atoms with E-state index >= 15 is 0 Å². The van der Waals surface area contributed by atoms with Crippen LogP contribution in [-0.4, -0.2) is 37.8 Å². The molecule has 0 saturated carbocycles. The monoisotopic (exact) mass is 284 g/mol. The van der Waals surface area contributed by atoms with Crippen LogP contribution in [0.15, 0.2) is 0 Å². The average molecular weight is 284 g/mol. The molecule has 5 nitrogen and oxygen atoms in total. The summed E-state index contributed by atoms with van der Waals surface area (Å²) in [5, 5.41) is 4.16. The number of aromatic nitrogens is 1. The number of carbonyl (C=O) groups is 1. The van der Waals surface area contributed by atoms with E-state index in [9.17, 15) is 4.79 Å². The van der Waals surface area contributed by atoms with Crippen molar-refractivity contribution in [3.05, 3.63) is 15.6 Å². The first kappa shape index (κ1) is 14.4. The Bertz CT molecular complexity index is 441. The van der Waals surface area contributed by atoms with Crippen molar-refractivity contribution in [1.29, 1.82) is 0 Å². The van der Waals surface area contributed by atoms with Crippen LogP contribution in [0, 0.1) is 19.8 Å². The van der Waals surface area contributed by atoms with E-state index < -0.39 is 0 Å². The third-order valence-corrected chi connectivity index (χ3v) is 4.45. The van der Waals surface area contributed by atoms with Crippen LogP contribution in [0.25, 0.3) is 0 Å². The molecule has 1 aromatic rings. The van der Waals surface area contributed by atoms with Gasteiger partial charge in [0.2, 0.25) is 0 Å². The molecule has 106 valence electrons. The molecule has 1 aliphatic heterocycles. The Balaban J connectivity index is 1.92. The van der Waals surface area contributed by atoms with Crippen molar-refractivity contribution in [3.8, 4) is 0 Å². The first-order chi connectivity index (χ1) is 9.11. The van der Waals surface area contributed by atoms with Crippen molar-refractivity contribution in [2.75, 3.05) is 26.8 Å². The second-order valence-corrected chi connectivity index (χ2v) is 5.96. The van der Waals surface area contributed by atoms with Gasteiger partial charge in [-0.15, -0.1) is 11.3 Å². The minimum atomic E-state index is -0.218. The van der Waals surface area contributed by atoms with Gasteiger partial charge in [0.25, 0.3) is 0 Å². The van der Waals surface area contributed by atoms with Crippen LogP contribution in [0.2, 0.25) is 0 Å². The van der Waals surface area contributed by atoms with Crippen molar-refractivity contribution in [3.63, 3.8) is 0 Å². The molecule has 0 radical (unpaired) electrons. The molecule has 1 N–H and O–H groups in total. The molecule has 2 heterocycles. The highest BCUT2D eigenvalue weighted by atomic mass is 32.1. The summed E-state index contributed by atoms with van der Waals surface area (Å²) in [6.07, 6.45) is 0.638. The van der Waals surface area contributed by atoms with Crippen molar-refractivity contribution >= 4 is 17.3 Å². The van der Waals surface area contributed by atoms with Gasteiger partial charge in [-0.05, 0) is 26.8 Å². The Kier molecular flexibility index (Phi) is 4.90. The van der Waals surface area contributed by atoms with E-state index in [0.29, 0.717) is 0 Å². The fourth-order valence-corrected chi connectivity index (χ4v) is 3.22. The lowest BCUT2D eigenvalue weighted by atomic mass is 10.1. The Hall–Kier alpha value is -0.980. The van der Waals surface area contributed by atoms with Crippen molar-refractivity contribution < 1.29 is 14.3 Å². The zero-order valence-corrected chi connectivity index (χ0v) is 12.4. The number of hydrogen-bond donors (Lipinski definition) is 1. The fourth-order valence-electron chi connectivity index (χ4n) is 2.23. The molecule has 1 saturated heterocycles. The molecule has 0 aromatic carbocycles. The third-order valence-electron chi connectivity index (χ3n) is 3.29. The number of nitrogens with one attached hydrogen (secondary N) is 1. The molecule has 0 amide bonds. The molecule has 1 aliphatic rings. The summed E-state index contributed by atoms with van der Waals surface area (Å²) in [7, 11) is 1.63. The smallest absolute Gasteiger partial charge is 0.310 e. The van der Waals surface area contributed by atoms with E-state index in [1.807, 2.05) is 13.8 Å². The second kappa shape index (κ2) is 6.45. The Morgan fingerprint density at radius 1 is 1.58 bits per heavy atom. The number of nitrogens with zero attached hydrogens (tertiary/aromatic N) is 1. The Morgan fingerprint density at radius 2 is 2.37 bits per heavy atom. The first-order valence-electron chi connectivity index (χ1n) is 6.46. The summed E-state index contributed by atoms with van der Waals surface area (Å²) < 4.78 is 10.8. The van der Waals surface area contributed by atoms with E-state index in [4.69, 9.17) is 9.47 Å². The molecule has 2 unspecified atom stereocenters. The number of thiazole rings is 1. The van der Waals surface area contributed by atoms with Gasteiger partial charge in [0, 0.05) is 13.7 Å². The fraction of sp³-hybridized carbons (Fsp3) is 0.692. The molecule has 0 spiro atoms. The van der Waals surface area contributed by atoms with Crippen LogP contribution in [0.5, 0.6) is 0 Å². The topological polar surface area (TPSA) is 60.5 Å². The maximum absolute atomic E-state index is 11.9. The molecule has 2 rings (SSSR count). The van der Waals surface area contributed by atoms with Gasteiger partial charge in [-0.3, -0.25) is 4.79 Å². The number of rotatable bonds is 5. The number of esters is 1. The Labute approximate surface area is 117 Å². The van der Waals surface area contributed by atoms with Gasteiger partial charge in [-0.2, -0.15) is 0 Å². The lowest BCUT2D eigenvalue weighted by Crippen LogP contribution is -2.23. The van der Waals surface area contributed by atoms with Crippen LogP contribution in [0.4, 0.5) is 0 Å². The van der Waals surface area contributed by atoms with Crippen molar-refractivity contribution in [2.45, 2.75) is 26.4 Å². The predicted octanol–water partition coefficient (Wildman–Crippen LogP) is 1.60. The minimum Gasteiger partial charge on any atom is -0.462 e. The number of ether oxygens (including phenoxy) is 2. The predicted molar refractivity (Wildman–Crippen MR) is 73.3 cm³/mol. The summed E-state index contributed by atoms with van der Waals surface area (Å²) in [5.41, 5.74) is 0.952. The van der Waals surface area contributed by atoms with Crippen molar-refractivity contribution in [1.82, 2.24) is 10.3 Å². The van der Waals surface area contributed by atoms with Crippen LogP contribution in [0.3, 0.4) is 0 Å². The summed E-state index contributed by atoms with van der Waals surface area (Å²) >= 11 is 1.59. The van der Waals surface area contributed by atoms with Crippen LogP contribution < -0.4 is 5.32 Å². The molecular weight excluding hydrogens is 264 g/mol. The summed E-state index contributed by atoms with van der Waals surface area (Å²) in [6, 6.07) is 0. The molecule has 6 heteroatoms. The highest BCUT2D eigenvalue weighted by Gasteiger charge is 2.26. The van der Waals surface area contributed by atoms with E-state index in [1.165, 1.54) is 0 Å². The van der Waals surface area contributed by atoms with E-state index in [1.54, 1.807) is 18.4 Å². The highest BCUT2D eigenvalue weighted by molar-refractivity contribution is 7.11. The average Bonchev–Trinajstić information content (AvgIpc) is 3.00. The lowest BCUT2D eigenvalue weighted by Gasteiger charge is -2.16. The molecule has 19 heavy (non-hydrogen) atoms. The SMILES string of the molecule is COC(COC(=O)C1CCNC1)c1sc(C)nc1C. The zero-order valence-electron chi connectivity index (χ0n) is 11.6. The van der Waals surface area contributed by atoms with Gasteiger partial charge >= 0.3 is 5.97 Å². The van der Waals surface area contributed by atoms with Gasteiger partial charge < -0.3 is 14.8 Å². The molecule has 1 aromatic heterocycles. The number of methoxy groups -OCH3 is 1. The summed E-state index contributed by atoms with van der Waals surface area (Å²) in [6.45, 7) is 5.78. The normalized spacial score (nSPS) is 20.5. The molecule has 1 fully saturated rings. The highest BCUT2D eigenvalue weighted by Crippen LogP contribution is 2.27. The van der Waals surface area contributed by atoms with Gasteiger partial charge in [0.1, 0.15) is 12.7 Å². The van der Waals surface area contributed by atoms with Gasteiger partial charge in [-0.25, -0.2) is 4.98 Å². The maximum atomic E-state index is 11.9. The quantitative estimate of drug-likeness (QED) is 0.832. The molecule has 0 aliphatic carbocycles. The lowest BCUT2D eigenvalue weighted by molar-refractivity contribution is -0.151. The summed E-state index contributed by atoms with van der Waals surface area (Å²) in [4.78, 5) is 17.3. The zero-order chi connectivity index (χ0) is 13.8. The van der Waals surface area contributed by atoms with Gasteiger partial charge in [0.15, 0.2) is 0 Å². The largest absolute Gasteiger partial charge is 0.462 e. The van der Waals surface area contributed by atoms with E-state index in [0.717, 1.165) is 35.1 Å². The first-order valence-corrected chi connectivity index (χ1v) is 7.27. The molecule has 2 atom stereocenters. The third kappa shape index (κ3) is 3.52. The maximum Gasteiger partial charge on any atom is 0.310 e. The van der Waals surface area contributed by atoms with E-state index in [2.05, 4.69) is 10.3 Å². The molecule has 0 bridgehead atoms. The minimum absolute atomic E-state index is 0.0122. The van der Waals surface area contributed by atoms with Gasteiger partial charge in [0.05, 0.1) is 21.5 Å². The number of hydrogen-bond acceptors (Lipinski definition) is 6. The number of carbonyl (C=O) groups excluding carboxylic acids is 1. The van der Waals surface area contributed by atoms with Crippen molar-refractivity contribution in [2.24, 2.45) is 5.92 Å². The summed E-state index contributed by atoms with van der Waals surface area (Å²) in [5.74, 6) is -0.146. The number of aryl methyl sites for hydroxylation is 2. The second-order valence-electron chi connectivity index (χ2n) is 4.73. The van der Waals surface area contributed by atoms with Crippen LogP contribution in [-0.2, 0) is 14.3 Å². The van der Waals surface area contributed by atoms with Crippen LogP contribution >= 0.6 is 11.3 Å². The van der Waals surface area contributed by atoms with E-state index in [-0.39, 0.29) is 24.6 Å². The van der Waals surface area contributed by atoms with Gasteiger partial charge in [-0.1, -0.05) is 0 Å². The Morgan fingerprint density at radius 3 is 2.89 bits per heavy atom. The van der Waals surface area contributed by atoms with Crippen LogP contribution in [0.1, 0.15) is 28.1 Å². The standard InChI is InChI=1S/C13H20N2O3S/c1-8-12(19-9(2)15-8)11(17-3)7-18-13(16)10-4-5-14-6-10/h10-11,14H,4-7H2,1-3H3.